The number of benzene rings is 1. The fraction of sp³-hybridized carbons (Fsp3) is 0.500. The van der Waals surface area contributed by atoms with E-state index < -0.39 is 0 Å². The molecule has 0 radical (unpaired) electrons. The Kier molecular flexibility index (Phi) is 4.13. The molecule has 4 heteroatoms. The molecule has 26 heavy (non-hydrogen) atoms. The van der Waals surface area contributed by atoms with Gasteiger partial charge in [0, 0.05) is 12.1 Å². The molecular formula is C22H25NO2S. The van der Waals surface area contributed by atoms with Crippen LogP contribution in [0.3, 0.4) is 0 Å². The Morgan fingerprint density at radius 1 is 1.04 bits per heavy atom. The van der Waals surface area contributed by atoms with Crippen LogP contribution >= 0.6 is 11.3 Å². The van der Waals surface area contributed by atoms with Gasteiger partial charge in [0.05, 0.1) is 0 Å². The molecule has 136 valence electrons. The Hall–Kier alpha value is -1.65. The number of hydrogen-bond donors (Lipinski definition) is 1. The Labute approximate surface area is 158 Å². The molecule has 4 aliphatic rings. The van der Waals surface area contributed by atoms with Crippen LogP contribution in [-0.2, 0) is 6.54 Å². The molecular weight excluding hydrogens is 342 g/mol. The number of thiophene rings is 1. The number of ether oxygens (including phenoxy) is 1. The first-order valence-electron chi connectivity index (χ1n) is 9.77. The molecule has 2 aromatic rings. The van der Waals surface area contributed by atoms with Gasteiger partial charge in [0.15, 0.2) is 0 Å². The third-order valence-electron chi connectivity index (χ3n) is 6.56. The standard InChI is InChI=1S/C22H25NO2S/c24-21(20-2-1-7-26-20)25-19-5-3-15(4-6-19)14-23-22-11-16-8-17(12-22)10-18(9-16)13-22/h1-7,16-18,23H,8-14H2. The average Bonchev–Trinajstić information content (AvgIpc) is 3.15. The fourth-order valence-electron chi connectivity index (χ4n) is 5.84. The predicted octanol–water partition coefficient (Wildman–Crippen LogP) is 5.03. The Morgan fingerprint density at radius 2 is 1.69 bits per heavy atom. The summed E-state index contributed by atoms with van der Waals surface area (Å²) < 4.78 is 5.44. The van der Waals surface area contributed by atoms with Crippen LogP contribution in [0.2, 0.25) is 0 Å². The van der Waals surface area contributed by atoms with Gasteiger partial charge in [0.2, 0.25) is 0 Å². The number of rotatable bonds is 5. The molecule has 4 bridgehead atoms. The van der Waals surface area contributed by atoms with Gasteiger partial charge in [-0.1, -0.05) is 18.2 Å². The third-order valence-corrected chi connectivity index (χ3v) is 7.41. The van der Waals surface area contributed by atoms with Crippen molar-refractivity contribution in [1.82, 2.24) is 5.32 Å². The second-order valence-electron chi connectivity index (χ2n) is 8.56. The van der Waals surface area contributed by atoms with Gasteiger partial charge in [-0.3, -0.25) is 0 Å². The first kappa shape index (κ1) is 16.5. The second-order valence-corrected chi connectivity index (χ2v) is 9.51. The molecule has 0 atom stereocenters. The molecule has 1 aromatic heterocycles. The lowest BCUT2D eigenvalue weighted by Gasteiger charge is -2.57. The van der Waals surface area contributed by atoms with Crippen LogP contribution in [0.4, 0.5) is 0 Å². The van der Waals surface area contributed by atoms with Gasteiger partial charge in [-0.15, -0.1) is 11.3 Å². The van der Waals surface area contributed by atoms with Crippen molar-refractivity contribution in [3.8, 4) is 5.75 Å². The highest BCUT2D eigenvalue weighted by Crippen LogP contribution is 2.55. The molecule has 1 N–H and O–H groups in total. The molecule has 4 fully saturated rings. The van der Waals surface area contributed by atoms with Crippen molar-refractivity contribution in [1.29, 1.82) is 0 Å². The van der Waals surface area contributed by atoms with Crippen molar-refractivity contribution < 1.29 is 9.53 Å². The third kappa shape index (κ3) is 3.21. The van der Waals surface area contributed by atoms with E-state index in [0.717, 1.165) is 24.3 Å². The van der Waals surface area contributed by atoms with Crippen LogP contribution in [-0.4, -0.2) is 11.5 Å². The zero-order valence-electron chi connectivity index (χ0n) is 14.9. The number of hydrogen-bond acceptors (Lipinski definition) is 4. The van der Waals surface area contributed by atoms with Gasteiger partial charge < -0.3 is 10.1 Å². The Morgan fingerprint density at radius 3 is 2.27 bits per heavy atom. The highest BCUT2D eigenvalue weighted by Gasteiger charge is 2.50. The monoisotopic (exact) mass is 367 g/mol. The number of carbonyl (C=O) groups excluding carboxylic acids is 1. The van der Waals surface area contributed by atoms with E-state index in [1.54, 1.807) is 6.07 Å². The van der Waals surface area contributed by atoms with Gasteiger partial charge in [0.1, 0.15) is 10.6 Å². The quantitative estimate of drug-likeness (QED) is 0.595. The lowest BCUT2D eigenvalue weighted by molar-refractivity contribution is -0.0206. The second kappa shape index (κ2) is 6.50. The minimum absolute atomic E-state index is 0.278. The molecule has 4 aliphatic carbocycles. The minimum atomic E-state index is -0.278. The summed E-state index contributed by atoms with van der Waals surface area (Å²) in [5.41, 5.74) is 1.65. The summed E-state index contributed by atoms with van der Waals surface area (Å²) in [6.07, 6.45) is 8.54. The van der Waals surface area contributed by atoms with E-state index in [1.165, 1.54) is 55.4 Å². The SMILES string of the molecule is O=C(Oc1ccc(CNC23CC4CC(CC(C4)C2)C3)cc1)c1cccs1. The first-order valence-corrected chi connectivity index (χ1v) is 10.7. The van der Waals surface area contributed by atoms with Crippen molar-refractivity contribution in [3.05, 3.63) is 52.2 Å². The highest BCUT2D eigenvalue weighted by molar-refractivity contribution is 7.12. The predicted molar refractivity (Wildman–Crippen MR) is 103 cm³/mol. The molecule has 6 rings (SSSR count). The smallest absolute Gasteiger partial charge is 0.353 e. The summed E-state index contributed by atoms with van der Waals surface area (Å²) in [4.78, 5) is 12.7. The van der Waals surface area contributed by atoms with E-state index in [0.29, 0.717) is 16.2 Å². The number of nitrogens with one attached hydrogen (secondary N) is 1. The molecule has 0 aliphatic heterocycles. The summed E-state index contributed by atoms with van der Waals surface area (Å²) in [7, 11) is 0. The molecule has 1 heterocycles. The lowest BCUT2D eigenvalue weighted by atomic mass is 9.53. The lowest BCUT2D eigenvalue weighted by Crippen LogP contribution is -2.58. The van der Waals surface area contributed by atoms with Crippen LogP contribution in [0.1, 0.15) is 53.8 Å². The van der Waals surface area contributed by atoms with Crippen molar-refractivity contribution in [2.75, 3.05) is 0 Å². The maximum Gasteiger partial charge on any atom is 0.353 e. The first-order chi connectivity index (χ1) is 12.7. The van der Waals surface area contributed by atoms with E-state index in [9.17, 15) is 4.79 Å². The number of carbonyl (C=O) groups is 1. The zero-order valence-corrected chi connectivity index (χ0v) is 15.8. The van der Waals surface area contributed by atoms with Crippen LogP contribution in [0, 0.1) is 17.8 Å². The van der Waals surface area contributed by atoms with Crippen LogP contribution in [0.15, 0.2) is 41.8 Å². The Balaban J connectivity index is 1.20. The van der Waals surface area contributed by atoms with Gasteiger partial charge in [-0.2, -0.15) is 0 Å². The minimum Gasteiger partial charge on any atom is -0.422 e. The van der Waals surface area contributed by atoms with Gasteiger partial charge in [-0.05, 0) is 85.4 Å². The van der Waals surface area contributed by atoms with Gasteiger partial charge in [-0.25, -0.2) is 4.79 Å². The highest BCUT2D eigenvalue weighted by atomic mass is 32.1. The summed E-state index contributed by atoms with van der Waals surface area (Å²) in [6.45, 7) is 0.908. The van der Waals surface area contributed by atoms with E-state index >= 15 is 0 Å². The summed E-state index contributed by atoms with van der Waals surface area (Å²) >= 11 is 1.40. The topological polar surface area (TPSA) is 38.3 Å². The maximum absolute atomic E-state index is 12.0. The van der Waals surface area contributed by atoms with E-state index in [1.807, 2.05) is 23.6 Å². The largest absolute Gasteiger partial charge is 0.422 e. The zero-order chi connectivity index (χ0) is 17.6. The van der Waals surface area contributed by atoms with Crippen molar-refractivity contribution in [2.45, 2.75) is 50.6 Å². The van der Waals surface area contributed by atoms with Gasteiger partial charge in [0.25, 0.3) is 0 Å². The van der Waals surface area contributed by atoms with Crippen molar-refractivity contribution >= 4 is 17.3 Å². The van der Waals surface area contributed by atoms with E-state index in [2.05, 4.69) is 17.4 Å². The van der Waals surface area contributed by atoms with E-state index in [-0.39, 0.29) is 5.97 Å². The van der Waals surface area contributed by atoms with Crippen molar-refractivity contribution in [2.24, 2.45) is 17.8 Å². The van der Waals surface area contributed by atoms with Crippen LogP contribution in [0.25, 0.3) is 0 Å². The molecule has 1 aromatic carbocycles. The van der Waals surface area contributed by atoms with Crippen molar-refractivity contribution in [3.63, 3.8) is 0 Å². The summed E-state index contributed by atoms with van der Waals surface area (Å²) in [6, 6.07) is 11.6. The molecule has 0 saturated heterocycles. The Bertz CT molecular complexity index is 746. The molecule has 0 spiro atoms. The average molecular weight is 368 g/mol. The van der Waals surface area contributed by atoms with Crippen LogP contribution in [0.5, 0.6) is 5.75 Å². The van der Waals surface area contributed by atoms with E-state index in [4.69, 9.17) is 4.74 Å². The van der Waals surface area contributed by atoms with Gasteiger partial charge >= 0.3 is 5.97 Å². The van der Waals surface area contributed by atoms with Crippen LogP contribution < -0.4 is 10.1 Å². The summed E-state index contributed by atoms with van der Waals surface area (Å²) in [5.74, 6) is 3.23. The fourth-order valence-corrected chi connectivity index (χ4v) is 6.44. The molecule has 3 nitrogen and oxygen atoms in total. The molecule has 0 unspecified atom stereocenters. The summed E-state index contributed by atoms with van der Waals surface area (Å²) in [5, 5.41) is 5.80. The molecule has 4 saturated carbocycles. The maximum atomic E-state index is 12.0. The number of esters is 1. The normalized spacial score (nSPS) is 31.9. The molecule has 0 amide bonds.